The van der Waals surface area contributed by atoms with Crippen molar-refractivity contribution in [3.05, 3.63) is 18.3 Å². The Balaban J connectivity index is 1.87. The van der Waals surface area contributed by atoms with E-state index >= 15 is 0 Å². The summed E-state index contributed by atoms with van der Waals surface area (Å²) in [4.78, 5) is 4.04. The molecule has 1 aromatic heterocycles. The number of nitrogens with one attached hydrogen (secondary N) is 2. The maximum Gasteiger partial charge on any atom is 0.214 e. The molecule has 0 bridgehead atoms. The summed E-state index contributed by atoms with van der Waals surface area (Å²) in [7, 11) is 1.63. The van der Waals surface area contributed by atoms with E-state index in [1.807, 2.05) is 12.1 Å². The molecule has 4 nitrogen and oxygen atoms in total. The van der Waals surface area contributed by atoms with Crippen molar-refractivity contribution >= 4 is 5.69 Å². The second kappa shape index (κ2) is 4.28. The third-order valence-corrected chi connectivity index (χ3v) is 2.40. The molecule has 14 heavy (non-hydrogen) atoms. The first-order chi connectivity index (χ1) is 6.88. The Kier molecular flexibility index (Phi) is 2.84. The molecule has 2 rings (SSSR count). The zero-order valence-electron chi connectivity index (χ0n) is 8.29. The number of ether oxygens (including phenoxy) is 1. The molecule has 2 N–H and O–H groups in total. The largest absolute Gasteiger partial charge is 0.481 e. The van der Waals surface area contributed by atoms with Gasteiger partial charge >= 0.3 is 0 Å². The summed E-state index contributed by atoms with van der Waals surface area (Å²) in [6, 6.07) is 3.86. The van der Waals surface area contributed by atoms with Crippen molar-refractivity contribution in [1.29, 1.82) is 0 Å². The average Bonchev–Trinajstić information content (AvgIpc) is 2.16. The highest BCUT2D eigenvalue weighted by Gasteiger charge is 2.15. The lowest BCUT2D eigenvalue weighted by atomic mass is 10.0. The minimum Gasteiger partial charge on any atom is -0.481 e. The summed E-state index contributed by atoms with van der Waals surface area (Å²) in [5.41, 5.74) is 1.07. The highest BCUT2D eigenvalue weighted by Crippen LogP contribution is 2.14. The predicted octanol–water partition coefficient (Wildman–Crippen LogP) is 0.721. The second-order valence-electron chi connectivity index (χ2n) is 3.49. The number of nitrogens with zero attached hydrogens (tertiary/aromatic N) is 1. The van der Waals surface area contributed by atoms with E-state index in [-0.39, 0.29) is 0 Å². The monoisotopic (exact) mass is 193 g/mol. The molecule has 1 fully saturated rings. The molecule has 0 aliphatic carbocycles. The molecule has 0 spiro atoms. The van der Waals surface area contributed by atoms with Crippen molar-refractivity contribution in [2.24, 2.45) is 5.92 Å². The number of hydrogen-bond donors (Lipinski definition) is 2. The molecular weight excluding hydrogens is 178 g/mol. The maximum atomic E-state index is 5.04. The number of methoxy groups -OCH3 is 1. The van der Waals surface area contributed by atoms with Gasteiger partial charge in [-0.3, -0.25) is 0 Å². The number of hydrogen-bond acceptors (Lipinski definition) is 4. The Morgan fingerprint density at radius 3 is 3.14 bits per heavy atom. The van der Waals surface area contributed by atoms with Gasteiger partial charge in [-0.1, -0.05) is 0 Å². The molecule has 1 aliphatic rings. The number of aromatic nitrogens is 1. The van der Waals surface area contributed by atoms with Gasteiger partial charge in [-0.25, -0.2) is 4.98 Å². The summed E-state index contributed by atoms with van der Waals surface area (Å²) < 4.78 is 5.04. The summed E-state index contributed by atoms with van der Waals surface area (Å²) in [6.07, 6.45) is 1.75. The summed E-state index contributed by atoms with van der Waals surface area (Å²) in [6.45, 7) is 3.25. The smallest absolute Gasteiger partial charge is 0.214 e. The van der Waals surface area contributed by atoms with E-state index in [0.717, 1.165) is 31.2 Å². The van der Waals surface area contributed by atoms with Crippen LogP contribution in [0.5, 0.6) is 5.88 Å². The molecule has 0 unspecified atom stereocenters. The molecule has 4 heteroatoms. The molecule has 0 radical (unpaired) electrons. The van der Waals surface area contributed by atoms with Crippen LogP contribution in [0.25, 0.3) is 0 Å². The zero-order chi connectivity index (χ0) is 9.80. The van der Waals surface area contributed by atoms with Crippen LogP contribution < -0.4 is 15.4 Å². The van der Waals surface area contributed by atoms with Crippen LogP contribution in [-0.2, 0) is 0 Å². The topological polar surface area (TPSA) is 46.2 Å². The van der Waals surface area contributed by atoms with Crippen LogP contribution in [-0.4, -0.2) is 31.7 Å². The van der Waals surface area contributed by atoms with Crippen LogP contribution in [0.1, 0.15) is 0 Å². The van der Waals surface area contributed by atoms with Gasteiger partial charge in [0.1, 0.15) is 0 Å². The van der Waals surface area contributed by atoms with E-state index in [1.54, 1.807) is 13.3 Å². The van der Waals surface area contributed by atoms with Gasteiger partial charge in [-0.2, -0.15) is 0 Å². The van der Waals surface area contributed by atoms with Crippen molar-refractivity contribution in [3.8, 4) is 5.88 Å². The fourth-order valence-electron chi connectivity index (χ4n) is 1.39. The molecule has 0 atom stereocenters. The third-order valence-electron chi connectivity index (χ3n) is 2.40. The van der Waals surface area contributed by atoms with Gasteiger partial charge in [0.2, 0.25) is 5.88 Å². The lowest BCUT2D eigenvalue weighted by Gasteiger charge is -2.27. The van der Waals surface area contributed by atoms with Gasteiger partial charge < -0.3 is 15.4 Å². The van der Waals surface area contributed by atoms with Crippen LogP contribution in [0, 0.1) is 5.92 Å². The second-order valence-corrected chi connectivity index (χ2v) is 3.49. The highest BCUT2D eigenvalue weighted by molar-refractivity contribution is 5.45. The fourth-order valence-corrected chi connectivity index (χ4v) is 1.39. The first kappa shape index (κ1) is 9.27. The van der Waals surface area contributed by atoms with E-state index in [9.17, 15) is 0 Å². The van der Waals surface area contributed by atoms with Crippen LogP contribution in [0.3, 0.4) is 0 Å². The maximum absolute atomic E-state index is 5.04. The van der Waals surface area contributed by atoms with Gasteiger partial charge in [0, 0.05) is 43.5 Å². The Morgan fingerprint density at radius 2 is 2.50 bits per heavy atom. The number of rotatable bonds is 4. The molecule has 76 valence electrons. The van der Waals surface area contributed by atoms with E-state index < -0.39 is 0 Å². The zero-order valence-corrected chi connectivity index (χ0v) is 8.29. The summed E-state index contributed by atoms with van der Waals surface area (Å²) in [5.74, 6) is 1.41. The third kappa shape index (κ3) is 2.14. The normalized spacial score (nSPS) is 16.1. The predicted molar refractivity (Wildman–Crippen MR) is 55.6 cm³/mol. The molecule has 1 aromatic rings. The van der Waals surface area contributed by atoms with Crippen LogP contribution in [0.4, 0.5) is 5.69 Å². The van der Waals surface area contributed by atoms with Gasteiger partial charge in [-0.15, -0.1) is 0 Å². The molecule has 0 saturated carbocycles. The van der Waals surface area contributed by atoms with Crippen molar-refractivity contribution < 1.29 is 4.74 Å². The quantitative estimate of drug-likeness (QED) is 0.739. The highest BCUT2D eigenvalue weighted by atomic mass is 16.5. The van der Waals surface area contributed by atoms with Crippen molar-refractivity contribution in [2.45, 2.75) is 0 Å². The first-order valence-corrected chi connectivity index (χ1v) is 4.83. The van der Waals surface area contributed by atoms with Gasteiger partial charge in [0.15, 0.2) is 0 Å². The van der Waals surface area contributed by atoms with Crippen LogP contribution in [0.15, 0.2) is 18.3 Å². The van der Waals surface area contributed by atoms with Crippen molar-refractivity contribution in [2.75, 3.05) is 32.1 Å². The van der Waals surface area contributed by atoms with Crippen LogP contribution >= 0.6 is 0 Å². The molecule has 1 aliphatic heterocycles. The SMILES string of the molecule is COc1cc(NCC2CNC2)ccn1. The minimum atomic E-state index is 0.654. The van der Waals surface area contributed by atoms with Gasteiger partial charge in [-0.05, 0) is 6.07 Å². The van der Waals surface area contributed by atoms with E-state index in [0.29, 0.717) is 5.88 Å². The van der Waals surface area contributed by atoms with Crippen LogP contribution in [0.2, 0.25) is 0 Å². The van der Waals surface area contributed by atoms with E-state index in [4.69, 9.17) is 4.74 Å². The Hall–Kier alpha value is -1.29. The molecular formula is C10H15N3O. The van der Waals surface area contributed by atoms with Gasteiger partial charge in [0.05, 0.1) is 7.11 Å². The minimum absolute atomic E-state index is 0.654. The molecule has 1 saturated heterocycles. The lowest BCUT2D eigenvalue weighted by molar-refractivity contribution is 0.365. The fraction of sp³-hybridized carbons (Fsp3) is 0.500. The van der Waals surface area contributed by atoms with Gasteiger partial charge in [0.25, 0.3) is 0 Å². The molecule has 0 amide bonds. The molecule has 2 heterocycles. The Labute approximate surface area is 83.7 Å². The average molecular weight is 193 g/mol. The Morgan fingerprint density at radius 1 is 1.64 bits per heavy atom. The summed E-state index contributed by atoms with van der Waals surface area (Å²) >= 11 is 0. The van der Waals surface area contributed by atoms with Crippen molar-refractivity contribution in [3.63, 3.8) is 0 Å². The summed E-state index contributed by atoms with van der Waals surface area (Å²) in [5, 5.41) is 6.60. The molecule has 0 aromatic carbocycles. The number of pyridine rings is 1. The van der Waals surface area contributed by atoms with E-state index in [1.165, 1.54) is 0 Å². The van der Waals surface area contributed by atoms with E-state index in [2.05, 4.69) is 15.6 Å². The standard InChI is InChI=1S/C10H15N3O/c1-14-10-4-9(2-3-12-10)13-7-8-5-11-6-8/h2-4,8,11H,5-7H2,1H3,(H,12,13). The Bertz CT molecular complexity index is 299. The first-order valence-electron chi connectivity index (χ1n) is 4.83. The number of anilines is 1. The van der Waals surface area contributed by atoms with Crippen molar-refractivity contribution in [1.82, 2.24) is 10.3 Å². The lowest BCUT2D eigenvalue weighted by Crippen LogP contribution is -2.45.